The van der Waals surface area contributed by atoms with Crippen LogP contribution in [0.2, 0.25) is 0 Å². The van der Waals surface area contributed by atoms with E-state index in [4.69, 9.17) is 4.65 Å². The topological polar surface area (TPSA) is 17.2 Å². The normalized spacial score (nSPS) is 22.8. The lowest BCUT2D eigenvalue weighted by molar-refractivity contribution is -0.379. The van der Waals surface area contributed by atoms with Gasteiger partial charge in [0.2, 0.25) is 0 Å². The zero-order valence-electron chi connectivity index (χ0n) is 17.7. The highest BCUT2D eigenvalue weighted by Crippen LogP contribution is 2.41. The van der Waals surface area contributed by atoms with Gasteiger partial charge in [-0.05, 0) is 71.2 Å². The molecule has 0 amide bonds. The summed E-state index contributed by atoms with van der Waals surface area (Å²) < 4.78 is 26.8. The van der Waals surface area contributed by atoms with Crippen molar-refractivity contribution in [2.75, 3.05) is 0 Å². The van der Waals surface area contributed by atoms with Crippen LogP contribution >= 0.6 is 0 Å². The van der Waals surface area contributed by atoms with Crippen molar-refractivity contribution < 1.29 is 13.5 Å². The number of allylic oxidation sites excluding steroid dienone is 2. The molecule has 0 saturated carbocycles. The van der Waals surface area contributed by atoms with Gasteiger partial charge in [-0.2, -0.15) is 0 Å². The zero-order chi connectivity index (χ0) is 19.6. The van der Waals surface area contributed by atoms with Crippen LogP contribution in [0.1, 0.15) is 77.4 Å². The molecule has 142 valence electrons. The molecule has 3 heterocycles. The first-order chi connectivity index (χ1) is 12.0. The fourth-order valence-electron chi connectivity index (χ4n) is 4.88. The smallest absolute Gasteiger partial charge is 0.475 e. The van der Waals surface area contributed by atoms with E-state index in [1.54, 1.807) is 0 Å². The summed E-state index contributed by atoms with van der Waals surface area (Å²) in [5.41, 5.74) is 7.99. The largest absolute Gasteiger partial charge is 0.701 e. The van der Waals surface area contributed by atoms with Crippen LogP contribution in [0, 0.1) is 13.8 Å². The van der Waals surface area contributed by atoms with Gasteiger partial charge in [0.05, 0.1) is 0 Å². The second kappa shape index (κ2) is 5.95. The summed E-state index contributed by atoms with van der Waals surface area (Å²) in [4.78, 5) is 0. The van der Waals surface area contributed by atoms with Crippen molar-refractivity contribution in [1.82, 2.24) is 4.48 Å². The Kier molecular flexibility index (Phi) is 4.38. The standard InChI is InChI=1S/C21H32BFN2O/c1-10-17-13(3)19-12-20-14(4)18(11-2)16(6)25(20)22(23,24(19)15(17)5)26-21(7,8)9/h12H,10-11H2,1-9H3. The average Bonchev–Trinajstić information content (AvgIpc) is 2.90. The van der Waals surface area contributed by atoms with Gasteiger partial charge in [0, 0.05) is 35.4 Å². The minimum Gasteiger partial charge on any atom is -0.475 e. The van der Waals surface area contributed by atoms with Gasteiger partial charge in [0.15, 0.2) is 5.70 Å². The Bertz CT molecular complexity index is 883. The minimum absolute atomic E-state index is 0.603. The molecule has 2 aliphatic heterocycles. The van der Waals surface area contributed by atoms with Gasteiger partial charge in [-0.25, -0.2) is 0 Å². The molecular formula is C21H32BFN2O. The monoisotopic (exact) mass is 358 g/mol. The summed E-state index contributed by atoms with van der Waals surface area (Å²) in [6.45, 7) is 15.3. The van der Waals surface area contributed by atoms with Crippen LogP contribution in [-0.2, 0) is 11.1 Å². The van der Waals surface area contributed by atoms with E-state index in [9.17, 15) is 0 Å². The lowest BCUT2D eigenvalue weighted by Crippen LogP contribution is -2.59. The molecule has 0 saturated heterocycles. The maximum Gasteiger partial charge on any atom is 0.701 e. The van der Waals surface area contributed by atoms with E-state index in [1.165, 1.54) is 11.1 Å². The SMILES string of the molecule is CCC1=C(C)C2=Cc3c(C)c(CC)c(C)n3[B-](F)(OC(C)(C)C)[N+]2=C1C. The van der Waals surface area contributed by atoms with E-state index in [0.29, 0.717) is 0 Å². The van der Waals surface area contributed by atoms with Gasteiger partial charge in [-0.15, -0.1) is 0 Å². The predicted octanol–water partition coefficient (Wildman–Crippen LogP) is 5.30. The van der Waals surface area contributed by atoms with E-state index < -0.39 is 12.5 Å². The van der Waals surface area contributed by atoms with Crippen molar-refractivity contribution in [3.8, 4) is 0 Å². The number of hydrogen-bond donors (Lipinski definition) is 0. The quantitative estimate of drug-likeness (QED) is 0.670. The molecule has 3 rings (SSSR count). The molecule has 0 bridgehead atoms. The first kappa shape index (κ1) is 19.2. The third kappa shape index (κ3) is 2.47. The lowest BCUT2D eigenvalue weighted by Gasteiger charge is -2.41. The van der Waals surface area contributed by atoms with Crippen LogP contribution in [0.15, 0.2) is 16.8 Å². The summed E-state index contributed by atoms with van der Waals surface area (Å²) in [5, 5.41) is 0. The van der Waals surface area contributed by atoms with E-state index in [-0.39, 0.29) is 0 Å². The van der Waals surface area contributed by atoms with Crippen molar-refractivity contribution in [3.05, 3.63) is 39.4 Å². The summed E-state index contributed by atoms with van der Waals surface area (Å²) in [6.07, 6.45) is 3.93. The Labute approximate surface area is 157 Å². The minimum atomic E-state index is -2.92. The number of halogens is 1. The number of aromatic nitrogens is 1. The highest BCUT2D eigenvalue weighted by atomic mass is 19.1. The highest BCUT2D eigenvalue weighted by molar-refractivity contribution is 6.59. The summed E-state index contributed by atoms with van der Waals surface area (Å²) in [7, 11) is 0. The van der Waals surface area contributed by atoms with Gasteiger partial charge < -0.3 is 17.9 Å². The van der Waals surface area contributed by atoms with E-state index in [0.717, 1.165) is 46.8 Å². The van der Waals surface area contributed by atoms with Crippen molar-refractivity contribution in [2.24, 2.45) is 0 Å². The van der Waals surface area contributed by atoms with Crippen molar-refractivity contribution in [1.29, 1.82) is 0 Å². The number of nitrogens with zero attached hydrogens (tertiary/aromatic N) is 2. The molecule has 0 aromatic carbocycles. The van der Waals surface area contributed by atoms with Crippen molar-refractivity contribution in [3.63, 3.8) is 0 Å². The molecule has 0 spiro atoms. The molecule has 5 heteroatoms. The van der Waals surface area contributed by atoms with Crippen molar-refractivity contribution in [2.45, 2.75) is 80.8 Å². The van der Waals surface area contributed by atoms with Gasteiger partial charge in [0.25, 0.3) is 0 Å². The summed E-state index contributed by atoms with van der Waals surface area (Å²) in [6, 6.07) is 0. The molecule has 26 heavy (non-hydrogen) atoms. The Morgan fingerprint density at radius 2 is 1.73 bits per heavy atom. The summed E-state index contributed by atoms with van der Waals surface area (Å²) >= 11 is 0. The van der Waals surface area contributed by atoms with Crippen LogP contribution < -0.4 is 0 Å². The second-order valence-corrected chi connectivity index (χ2v) is 8.58. The predicted molar refractivity (Wildman–Crippen MR) is 108 cm³/mol. The Morgan fingerprint density at radius 3 is 2.23 bits per heavy atom. The number of rotatable bonds is 3. The molecule has 2 aliphatic rings. The third-order valence-electron chi connectivity index (χ3n) is 5.91. The molecule has 0 radical (unpaired) electrons. The molecule has 0 N–H and O–H groups in total. The zero-order valence-corrected chi connectivity index (χ0v) is 17.7. The lowest BCUT2D eigenvalue weighted by atomic mass is 9.84. The summed E-state index contributed by atoms with van der Waals surface area (Å²) in [5.74, 6) is 0. The fraction of sp³-hybridized carbons (Fsp3) is 0.571. The van der Waals surface area contributed by atoms with Crippen LogP contribution in [0.25, 0.3) is 6.08 Å². The van der Waals surface area contributed by atoms with Crippen LogP contribution in [0.4, 0.5) is 4.32 Å². The van der Waals surface area contributed by atoms with Crippen LogP contribution in [0.3, 0.4) is 0 Å². The Morgan fingerprint density at radius 1 is 1.12 bits per heavy atom. The maximum absolute atomic E-state index is 17.0. The molecule has 0 fully saturated rings. The second-order valence-electron chi connectivity index (χ2n) is 8.58. The average molecular weight is 358 g/mol. The molecular weight excluding hydrogens is 326 g/mol. The first-order valence-corrected chi connectivity index (χ1v) is 9.77. The van der Waals surface area contributed by atoms with E-state index in [2.05, 4.69) is 33.8 Å². The van der Waals surface area contributed by atoms with E-state index in [1.807, 2.05) is 43.6 Å². The van der Waals surface area contributed by atoms with E-state index >= 15 is 4.32 Å². The highest BCUT2D eigenvalue weighted by Gasteiger charge is 2.56. The first-order valence-electron chi connectivity index (χ1n) is 9.77. The third-order valence-corrected chi connectivity index (χ3v) is 5.91. The molecule has 1 atom stereocenters. The van der Waals surface area contributed by atoms with Gasteiger partial charge in [-0.1, -0.05) is 13.8 Å². The molecule has 1 unspecified atom stereocenters. The Balaban J connectivity index is 2.41. The van der Waals surface area contributed by atoms with Gasteiger partial charge in [0.1, 0.15) is 5.71 Å². The number of hydrogen-bond acceptors (Lipinski definition) is 1. The van der Waals surface area contributed by atoms with Crippen molar-refractivity contribution >= 4 is 18.7 Å². The van der Waals surface area contributed by atoms with Gasteiger partial charge in [-0.3, -0.25) is 0 Å². The maximum atomic E-state index is 17.0. The molecule has 3 nitrogen and oxygen atoms in total. The molecule has 1 aromatic heterocycles. The molecule has 1 aromatic rings. The number of fused-ring (bicyclic) bond motifs is 2. The van der Waals surface area contributed by atoms with Crippen LogP contribution in [-0.4, -0.2) is 27.2 Å². The Hall–Kier alpha value is -1.62. The molecule has 0 aliphatic carbocycles. The van der Waals surface area contributed by atoms with Crippen LogP contribution in [0.5, 0.6) is 0 Å². The fourth-order valence-corrected chi connectivity index (χ4v) is 4.88. The van der Waals surface area contributed by atoms with Gasteiger partial charge >= 0.3 is 6.90 Å².